The fraction of sp³-hybridized carbons (Fsp3) is 0.115. The average Bonchev–Trinajstić information content (AvgIpc) is 2.87. The smallest absolute Gasteiger partial charge is 0.335 e. The van der Waals surface area contributed by atoms with Gasteiger partial charge in [0, 0.05) is 12.1 Å². The number of rotatable bonds is 7. The van der Waals surface area contributed by atoms with E-state index in [4.69, 9.17) is 21.1 Å². The molecule has 1 aliphatic heterocycles. The Morgan fingerprint density at radius 1 is 1.05 bits per heavy atom. The molecule has 0 unspecified atom stereocenters. The third kappa shape index (κ3) is 5.44. The second kappa shape index (κ2) is 10.5. The molecule has 4 rings (SSSR count). The Kier molecular flexibility index (Phi) is 7.21. The molecular weight excluding hydrogens is 502 g/mol. The van der Waals surface area contributed by atoms with Crippen LogP contribution in [0.3, 0.4) is 0 Å². The van der Waals surface area contributed by atoms with Gasteiger partial charge in [-0.3, -0.25) is 25.0 Å². The number of methoxy groups -OCH3 is 1. The molecule has 188 valence electrons. The van der Waals surface area contributed by atoms with Crippen molar-refractivity contribution in [1.29, 1.82) is 0 Å². The quantitative estimate of drug-likeness (QED) is 0.204. The monoisotopic (exact) mass is 521 g/mol. The summed E-state index contributed by atoms with van der Waals surface area (Å²) >= 11 is 6.43. The summed E-state index contributed by atoms with van der Waals surface area (Å²) in [6.45, 7) is 1.93. The number of amides is 4. The van der Waals surface area contributed by atoms with E-state index in [2.05, 4.69) is 5.32 Å². The number of imide groups is 2. The van der Waals surface area contributed by atoms with Crippen molar-refractivity contribution in [3.8, 4) is 11.5 Å². The van der Waals surface area contributed by atoms with E-state index in [1.165, 1.54) is 37.5 Å². The van der Waals surface area contributed by atoms with Gasteiger partial charge in [-0.25, -0.2) is 9.69 Å². The molecule has 0 atom stereocenters. The zero-order chi connectivity index (χ0) is 26.7. The molecule has 3 aromatic carbocycles. The maximum Gasteiger partial charge on any atom is 0.335 e. The van der Waals surface area contributed by atoms with Crippen molar-refractivity contribution in [2.45, 2.75) is 13.5 Å². The van der Waals surface area contributed by atoms with Gasteiger partial charge in [-0.2, -0.15) is 0 Å². The van der Waals surface area contributed by atoms with Gasteiger partial charge < -0.3 is 9.47 Å². The lowest BCUT2D eigenvalue weighted by Crippen LogP contribution is -2.54. The van der Waals surface area contributed by atoms with Crippen molar-refractivity contribution in [3.63, 3.8) is 0 Å². The van der Waals surface area contributed by atoms with Crippen LogP contribution in [0.1, 0.15) is 16.7 Å². The summed E-state index contributed by atoms with van der Waals surface area (Å²) in [5, 5.41) is 13.1. The minimum Gasteiger partial charge on any atom is -0.493 e. The van der Waals surface area contributed by atoms with Crippen molar-refractivity contribution in [2.75, 3.05) is 12.0 Å². The molecule has 0 saturated carbocycles. The number of nitro groups is 1. The largest absolute Gasteiger partial charge is 0.493 e. The van der Waals surface area contributed by atoms with E-state index in [1.807, 2.05) is 6.92 Å². The number of nitro benzene ring substituents is 1. The van der Waals surface area contributed by atoms with Crippen molar-refractivity contribution in [3.05, 3.63) is 98.1 Å². The van der Waals surface area contributed by atoms with E-state index in [0.29, 0.717) is 16.8 Å². The highest BCUT2D eigenvalue weighted by Gasteiger charge is 2.36. The number of hydrogen-bond acceptors (Lipinski definition) is 7. The number of carbonyl (C=O) groups is 3. The molecule has 0 radical (unpaired) electrons. The number of urea groups is 1. The second-order valence-corrected chi connectivity index (χ2v) is 8.45. The Labute approximate surface area is 216 Å². The SMILES string of the molecule is COc1cc(/C=C2\C(=O)NC(=O)N(c3ccc(C)cc3)C2=O)cc(Cl)c1OCc1ccc([N+](=O)[O-])cc1. The number of hydrogen-bond donors (Lipinski definition) is 1. The Hall–Kier alpha value is -4.70. The summed E-state index contributed by atoms with van der Waals surface area (Å²) in [5.41, 5.74) is 1.98. The molecule has 0 bridgehead atoms. The average molecular weight is 522 g/mol. The van der Waals surface area contributed by atoms with E-state index in [0.717, 1.165) is 10.5 Å². The van der Waals surface area contributed by atoms with Gasteiger partial charge in [0.2, 0.25) is 0 Å². The molecule has 4 amide bonds. The number of benzene rings is 3. The molecular formula is C26H20ClN3O7. The summed E-state index contributed by atoms with van der Waals surface area (Å²) in [7, 11) is 1.40. The van der Waals surface area contributed by atoms with Gasteiger partial charge in [0.05, 0.1) is 22.7 Å². The third-order valence-corrected chi connectivity index (χ3v) is 5.77. The molecule has 1 N–H and O–H groups in total. The Morgan fingerprint density at radius 3 is 2.35 bits per heavy atom. The minimum absolute atomic E-state index is 0.0410. The van der Waals surface area contributed by atoms with Crippen molar-refractivity contribution >= 4 is 46.9 Å². The lowest BCUT2D eigenvalue weighted by atomic mass is 10.1. The lowest BCUT2D eigenvalue weighted by molar-refractivity contribution is -0.384. The first-order valence-electron chi connectivity index (χ1n) is 10.9. The highest BCUT2D eigenvalue weighted by atomic mass is 35.5. The van der Waals surface area contributed by atoms with Crippen molar-refractivity contribution < 1.29 is 28.8 Å². The molecule has 3 aromatic rings. The summed E-state index contributed by atoms with van der Waals surface area (Å²) in [4.78, 5) is 49.2. The molecule has 0 aliphatic carbocycles. The standard InChI is InChI=1S/C26H20ClN3O7/c1-15-3-7-18(8-4-15)29-25(32)20(24(31)28-26(29)33)11-17-12-21(27)23(22(13-17)36-2)37-14-16-5-9-19(10-6-16)30(34)35/h3-13H,14H2,1-2H3,(H,28,31,33)/b20-11+. The van der Waals surface area contributed by atoms with Gasteiger partial charge in [-0.15, -0.1) is 0 Å². The van der Waals surface area contributed by atoms with E-state index in [1.54, 1.807) is 36.4 Å². The number of barbiturate groups is 1. The number of aryl methyl sites for hydroxylation is 1. The number of carbonyl (C=O) groups excluding carboxylic acids is 3. The normalized spacial score (nSPS) is 14.5. The van der Waals surface area contributed by atoms with Crippen LogP contribution in [0.25, 0.3) is 6.08 Å². The van der Waals surface area contributed by atoms with E-state index in [-0.39, 0.29) is 34.4 Å². The Morgan fingerprint density at radius 2 is 1.73 bits per heavy atom. The molecule has 1 saturated heterocycles. The number of nitrogens with one attached hydrogen (secondary N) is 1. The van der Waals surface area contributed by atoms with Crippen LogP contribution in [-0.2, 0) is 16.2 Å². The third-order valence-electron chi connectivity index (χ3n) is 5.49. The summed E-state index contributed by atoms with van der Waals surface area (Å²) in [6.07, 6.45) is 1.31. The predicted octanol–water partition coefficient (Wildman–Crippen LogP) is 4.81. The van der Waals surface area contributed by atoms with Crippen LogP contribution < -0.4 is 19.7 Å². The first-order valence-corrected chi connectivity index (χ1v) is 11.3. The van der Waals surface area contributed by atoms with Crippen LogP contribution in [0.4, 0.5) is 16.2 Å². The van der Waals surface area contributed by atoms with Crippen LogP contribution >= 0.6 is 11.6 Å². The molecule has 1 heterocycles. The van der Waals surface area contributed by atoms with Crippen molar-refractivity contribution in [1.82, 2.24) is 5.32 Å². The molecule has 1 aliphatic rings. The highest BCUT2D eigenvalue weighted by Crippen LogP contribution is 2.38. The van der Waals surface area contributed by atoms with E-state index in [9.17, 15) is 24.5 Å². The molecule has 0 spiro atoms. The first kappa shape index (κ1) is 25.4. The second-order valence-electron chi connectivity index (χ2n) is 8.04. The van der Waals surface area contributed by atoms with Gasteiger partial charge in [-0.1, -0.05) is 29.3 Å². The number of non-ortho nitro benzene ring substituents is 1. The van der Waals surface area contributed by atoms with Crippen LogP contribution in [0.2, 0.25) is 5.02 Å². The van der Waals surface area contributed by atoms with Gasteiger partial charge in [0.25, 0.3) is 17.5 Å². The summed E-state index contributed by atoms with van der Waals surface area (Å²) < 4.78 is 11.2. The minimum atomic E-state index is -0.846. The van der Waals surface area contributed by atoms with Gasteiger partial charge in [0.1, 0.15) is 12.2 Å². The van der Waals surface area contributed by atoms with Crippen LogP contribution in [-0.4, -0.2) is 29.9 Å². The molecule has 11 heteroatoms. The summed E-state index contributed by atoms with van der Waals surface area (Å²) in [6, 6.07) is 14.7. The zero-order valence-electron chi connectivity index (χ0n) is 19.7. The Bertz CT molecular complexity index is 1430. The lowest BCUT2D eigenvalue weighted by Gasteiger charge is -2.26. The summed E-state index contributed by atoms with van der Waals surface area (Å²) in [5.74, 6) is -1.19. The molecule has 0 aromatic heterocycles. The fourth-order valence-corrected chi connectivity index (χ4v) is 3.86. The van der Waals surface area contributed by atoms with Crippen LogP contribution in [0, 0.1) is 17.0 Å². The number of halogens is 1. The number of nitrogens with zero attached hydrogens (tertiary/aromatic N) is 2. The molecule has 10 nitrogen and oxygen atoms in total. The molecule has 1 fully saturated rings. The molecule has 37 heavy (non-hydrogen) atoms. The number of anilines is 1. The topological polar surface area (TPSA) is 128 Å². The Balaban J connectivity index is 1.60. The van der Waals surface area contributed by atoms with Gasteiger partial charge in [-0.05, 0) is 60.5 Å². The zero-order valence-corrected chi connectivity index (χ0v) is 20.4. The maximum absolute atomic E-state index is 13.1. The highest BCUT2D eigenvalue weighted by molar-refractivity contribution is 6.39. The number of ether oxygens (including phenoxy) is 2. The van der Waals surface area contributed by atoms with E-state index < -0.39 is 22.8 Å². The van der Waals surface area contributed by atoms with Gasteiger partial charge >= 0.3 is 6.03 Å². The van der Waals surface area contributed by atoms with Crippen molar-refractivity contribution in [2.24, 2.45) is 0 Å². The maximum atomic E-state index is 13.1. The van der Waals surface area contributed by atoms with Crippen LogP contribution in [0.15, 0.2) is 66.2 Å². The van der Waals surface area contributed by atoms with E-state index >= 15 is 0 Å². The van der Waals surface area contributed by atoms with Gasteiger partial charge in [0.15, 0.2) is 11.5 Å². The van der Waals surface area contributed by atoms with Crippen LogP contribution in [0.5, 0.6) is 11.5 Å². The first-order chi connectivity index (χ1) is 17.7. The fourth-order valence-electron chi connectivity index (χ4n) is 3.59. The predicted molar refractivity (Wildman–Crippen MR) is 136 cm³/mol.